The number of non-ortho nitro benzene ring substituents is 1. The third kappa shape index (κ3) is 6.22. The van der Waals surface area contributed by atoms with Crippen LogP contribution >= 0.6 is 0 Å². The molecule has 0 fully saturated rings. The van der Waals surface area contributed by atoms with Gasteiger partial charge in [0.25, 0.3) is 5.69 Å². The van der Waals surface area contributed by atoms with Crippen molar-refractivity contribution in [3.8, 4) is 22.8 Å². The number of nitro groups is 1. The summed E-state index contributed by atoms with van der Waals surface area (Å²) in [5.74, 6) is 1.23. The molecular formula is C31H30N2O4. The van der Waals surface area contributed by atoms with Crippen molar-refractivity contribution in [3.63, 3.8) is 0 Å². The lowest BCUT2D eigenvalue weighted by Crippen LogP contribution is -2.12. The summed E-state index contributed by atoms with van der Waals surface area (Å²) in [5, 5.41) is 11.0. The Morgan fingerprint density at radius 3 is 2.30 bits per heavy atom. The quantitative estimate of drug-likeness (QED) is 0.142. The summed E-state index contributed by atoms with van der Waals surface area (Å²) in [6, 6.07) is 24.6. The third-order valence-corrected chi connectivity index (χ3v) is 6.02. The number of methoxy groups -OCH3 is 1. The number of rotatable bonds is 8. The van der Waals surface area contributed by atoms with E-state index in [9.17, 15) is 10.1 Å². The molecule has 4 aromatic rings. The summed E-state index contributed by atoms with van der Waals surface area (Å²) < 4.78 is 12.1. The highest BCUT2D eigenvalue weighted by atomic mass is 16.6. The Bertz CT molecular complexity index is 1410. The van der Waals surface area contributed by atoms with Crippen LogP contribution in [0.3, 0.4) is 0 Å². The maximum atomic E-state index is 11.0. The van der Waals surface area contributed by atoms with Gasteiger partial charge in [-0.15, -0.1) is 0 Å². The highest BCUT2D eigenvalue weighted by molar-refractivity contribution is 5.83. The first-order chi connectivity index (χ1) is 17.8. The molecule has 0 aliphatic heterocycles. The smallest absolute Gasteiger partial charge is 0.269 e. The molecule has 0 saturated heterocycles. The van der Waals surface area contributed by atoms with Crippen LogP contribution in [0.2, 0.25) is 0 Å². The minimum atomic E-state index is -0.399. The van der Waals surface area contributed by atoms with Crippen molar-refractivity contribution in [2.45, 2.75) is 32.8 Å². The SMILES string of the molecule is COc1ncccc1-c1cc(C(C)(C)C)cc(C=Cc2ccc([N+](=O)[O-])cc2)c1OCc1ccccc1. The predicted octanol–water partition coefficient (Wildman–Crippen LogP) is 7.71. The average Bonchev–Trinajstić information content (AvgIpc) is 2.90. The van der Waals surface area contributed by atoms with Crippen molar-refractivity contribution in [3.05, 3.63) is 117 Å². The molecule has 0 atom stereocenters. The zero-order valence-electron chi connectivity index (χ0n) is 21.5. The van der Waals surface area contributed by atoms with Gasteiger partial charge in [-0.2, -0.15) is 0 Å². The van der Waals surface area contributed by atoms with Crippen LogP contribution in [0, 0.1) is 10.1 Å². The number of pyridine rings is 1. The second-order valence-corrected chi connectivity index (χ2v) is 9.71. The van der Waals surface area contributed by atoms with Crippen LogP contribution in [0.1, 0.15) is 43.0 Å². The van der Waals surface area contributed by atoms with Crippen molar-refractivity contribution < 1.29 is 14.4 Å². The van der Waals surface area contributed by atoms with Gasteiger partial charge in [0.1, 0.15) is 12.4 Å². The zero-order chi connectivity index (χ0) is 26.4. The average molecular weight is 495 g/mol. The number of nitrogens with zero attached hydrogens (tertiary/aromatic N) is 2. The number of benzene rings is 3. The highest BCUT2D eigenvalue weighted by Gasteiger charge is 2.22. The summed E-state index contributed by atoms with van der Waals surface area (Å²) >= 11 is 0. The van der Waals surface area contributed by atoms with E-state index >= 15 is 0 Å². The molecule has 0 radical (unpaired) electrons. The summed E-state index contributed by atoms with van der Waals surface area (Å²) in [6.07, 6.45) is 5.63. The second kappa shape index (κ2) is 11.1. The first-order valence-electron chi connectivity index (χ1n) is 12.0. The molecule has 6 heteroatoms. The van der Waals surface area contributed by atoms with Crippen molar-refractivity contribution in [1.82, 2.24) is 4.98 Å². The van der Waals surface area contributed by atoms with Crippen molar-refractivity contribution >= 4 is 17.8 Å². The Hall–Kier alpha value is -4.45. The molecule has 0 aliphatic carbocycles. The van der Waals surface area contributed by atoms with Gasteiger partial charge in [0.15, 0.2) is 0 Å². The molecular weight excluding hydrogens is 464 g/mol. The van der Waals surface area contributed by atoms with E-state index in [4.69, 9.17) is 9.47 Å². The number of hydrogen-bond acceptors (Lipinski definition) is 5. The lowest BCUT2D eigenvalue weighted by molar-refractivity contribution is -0.384. The fourth-order valence-electron chi connectivity index (χ4n) is 3.95. The predicted molar refractivity (Wildman–Crippen MR) is 148 cm³/mol. The van der Waals surface area contributed by atoms with Crippen LogP contribution in [0.25, 0.3) is 23.3 Å². The van der Waals surface area contributed by atoms with E-state index in [2.05, 4.69) is 37.9 Å². The van der Waals surface area contributed by atoms with Gasteiger partial charge >= 0.3 is 0 Å². The van der Waals surface area contributed by atoms with E-state index in [-0.39, 0.29) is 11.1 Å². The summed E-state index contributed by atoms with van der Waals surface area (Å²) in [7, 11) is 1.61. The van der Waals surface area contributed by atoms with E-state index in [1.165, 1.54) is 12.1 Å². The van der Waals surface area contributed by atoms with Crippen LogP contribution in [-0.4, -0.2) is 17.0 Å². The largest absolute Gasteiger partial charge is 0.488 e. The van der Waals surface area contributed by atoms with Crippen LogP contribution in [-0.2, 0) is 12.0 Å². The molecule has 188 valence electrons. The van der Waals surface area contributed by atoms with Gasteiger partial charge in [0, 0.05) is 35.0 Å². The number of ether oxygens (including phenoxy) is 2. The third-order valence-electron chi connectivity index (χ3n) is 6.02. The van der Waals surface area contributed by atoms with Crippen molar-refractivity contribution in [2.75, 3.05) is 7.11 Å². The molecule has 3 aromatic carbocycles. The van der Waals surface area contributed by atoms with Gasteiger partial charge in [-0.05, 0) is 58.5 Å². The molecule has 0 bridgehead atoms. The number of aromatic nitrogens is 1. The molecule has 1 aromatic heterocycles. The molecule has 0 amide bonds. The van der Waals surface area contributed by atoms with Crippen LogP contribution in [0.4, 0.5) is 5.69 Å². The zero-order valence-corrected chi connectivity index (χ0v) is 21.5. The second-order valence-electron chi connectivity index (χ2n) is 9.71. The summed E-state index contributed by atoms with van der Waals surface area (Å²) in [5.41, 5.74) is 5.58. The Morgan fingerprint density at radius 2 is 1.65 bits per heavy atom. The molecule has 0 unspecified atom stereocenters. The van der Waals surface area contributed by atoms with Gasteiger partial charge < -0.3 is 9.47 Å². The Labute approximate surface area is 217 Å². The van der Waals surface area contributed by atoms with E-state index in [1.54, 1.807) is 25.4 Å². The summed E-state index contributed by atoms with van der Waals surface area (Å²) in [4.78, 5) is 15.1. The maximum absolute atomic E-state index is 11.0. The first-order valence-corrected chi connectivity index (χ1v) is 12.0. The topological polar surface area (TPSA) is 74.5 Å². The van der Waals surface area contributed by atoms with Gasteiger partial charge in [-0.3, -0.25) is 10.1 Å². The maximum Gasteiger partial charge on any atom is 0.269 e. The van der Waals surface area contributed by atoms with Crippen LogP contribution < -0.4 is 9.47 Å². The molecule has 0 N–H and O–H groups in total. The normalized spacial score (nSPS) is 11.5. The molecule has 4 rings (SSSR count). The molecule has 1 heterocycles. The molecule has 6 nitrogen and oxygen atoms in total. The number of nitro benzene ring substituents is 1. The van der Waals surface area contributed by atoms with Crippen molar-refractivity contribution in [1.29, 1.82) is 0 Å². The van der Waals surface area contributed by atoms with E-state index in [0.29, 0.717) is 18.2 Å². The Kier molecular flexibility index (Phi) is 7.68. The van der Waals surface area contributed by atoms with Gasteiger partial charge in [0.2, 0.25) is 5.88 Å². The van der Waals surface area contributed by atoms with Crippen LogP contribution in [0.15, 0.2) is 85.1 Å². The minimum Gasteiger partial charge on any atom is -0.488 e. The Morgan fingerprint density at radius 1 is 0.919 bits per heavy atom. The highest BCUT2D eigenvalue weighted by Crippen LogP contribution is 2.42. The van der Waals surface area contributed by atoms with E-state index < -0.39 is 4.92 Å². The van der Waals surface area contributed by atoms with E-state index in [1.807, 2.05) is 54.6 Å². The fourth-order valence-corrected chi connectivity index (χ4v) is 3.95. The lowest BCUT2D eigenvalue weighted by Gasteiger charge is -2.24. The molecule has 0 spiro atoms. The lowest BCUT2D eigenvalue weighted by atomic mass is 9.83. The minimum absolute atomic E-state index is 0.0599. The monoisotopic (exact) mass is 494 g/mol. The standard InChI is InChI=1S/C31H30N2O4/c1-31(2,3)25-19-24(15-12-22-13-16-26(17-14-22)33(34)35)29(37-21-23-9-6-5-7-10-23)28(20-25)27-11-8-18-32-30(27)36-4/h5-20H,21H2,1-4H3. The van der Waals surface area contributed by atoms with Gasteiger partial charge in [-0.1, -0.05) is 63.3 Å². The van der Waals surface area contributed by atoms with Crippen LogP contribution in [0.5, 0.6) is 11.6 Å². The van der Waals surface area contributed by atoms with Crippen molar-refractivity contribution in [2.24, 2.45) is 0 Å². The Balaban J connectivity index is 1.87. The first kappa shape index (κ1) is 25.6. The fraction of sp³-hybridized carbons (Fsp3) is 0.194. The summed E-state index contributed by atoms with van der Waals surface area (Å²) in [6.45, 7) is 6.90. The van der Waals surface area contributed by atoms with E-state index in [0.717, 1.165) is 33.4 Å². The molecule has 0 saturated carbocycles. The molecule has 37 heavy (non-hydrogen) atoms. The number of hydrogen-bond donors (Lipinski definition) is 0. The van der Waals surface area contributed by atoms with Gasteiger partial charge in [0.05, 0.1) is 12.0 Å². The van der Waals surface area contributed by atoms with Gasteiger partial charge in [-0.25, -0.2) is 4.98 Å². The molecule has 0 aliphatic rings.